The molecule has 1 aliphatic carbocycles. The number of halogens is 1. The first-order valence-electron chi connectivity index (χ1n) is 11.7. The number of hydrogen-bond donors (Lipinski definition) is 1. The molecule has 2 aromatic carbocycles. The number of allylic oxidation sites excluding steroid dienone is 4. The minimum Gasteiger partial charge on any atom is -0.491 e. The maximum atomic E-state index is 12.9. The number of nitrogens with one attached hydrogen (secondary N) is 1. The molecule has 0 saturated heterocycles. The number of aryl methyl sites for hydroxylation is 1. The molecule has 1 atom stereocenters. The molecule has 0 heterocycles. The Morgan fingerprint density at radius 3 is 2.49 bits per heavy atom. The van der Waals surface area contributed by atoms with E-state index in [1.165, 1.54) is 0 Å². The zero-order valence-electron chi connectivity index (χ0n) is 21.3. The molecule has 0 radical (unpaired) electrons. The predicted octanol–water partition coefficient (Wildman–Crippen LogP) is 7.78. The minimum atomic E-state index is -2.51. The Hall–Kier alpha value is -2.74. The van der Waals surface area contributed by atoms with E-state index in [2.05, 4.69) is 50.2 Å². The van der Waals surface area contributed by atoms with Gasteiger partial charge in [0, 0.05) is 22.4 Å². The van der Waals surface area contributed by atoms with Crippen LogP contribution in [0.25, 0.3) is 0 Å². The van der Waals surface area contributed by atoms with Crippen molar-refractivity contribution < 1.29 is 9.30 Å². The fourth-order valence-electron chi connectivity index (χ4n) is 4.10. The SMILES string of the molecule is C=C1C=C(C(=C)Cc2ccc(C)cc2OC(C)C)C(=C)C(Nc2ccccc2P(C)(C)=O)C(Cl)=C1. The average molecular weight is 508 g/mol. The van der Waals surface area contributed by atoms with Crippen molar-refractivity contribution in [2.45, 2.75) is 39.3 Å². The van der Waals surface area contributed by atoms with Gasteiger partial charge < -0.3 is 14.6 Å². The number of anilines is 1. The zero-order chi connectivity index (χ0) is 25.9. The van der Waals surface area contributed by atoms with Gasteiger partial charge in [0.2, 0.25) is 0 Å². The smallest absolute Gasteiger partial charge is 0.123 e. The van der Waals surface area contributed by atoms with Crippen molar-refractivity contribution in [2.24, 2.45) is 0 Å². The van der Waals surface area contributed by atoms with Crippen LogP contribution in [0.3, 0.4) is 0 Å². The lowest BCUT2D eigenvalue weighted by Crippen LogP contribution is -2.26. The molecule has 184 valence electrons. The van der Waals surface area contributed by atoms with Crippen LogP contribution in [0, 0.1) is 6.92 Å². The van der Waals surface area contributed by atoms with Gasteiger partial charge in [-0.2, -0.15) is 0 Å². The summed E-state index contributed by atoms with van der Waals surface area (Å²) in [6.07, 6.45) is 4.48. The van der Waals surface area contributed by atoms with Crippen molar-refractivity contribution in [3.63, 3.8) is 0 Å². The fourth-order valence-corrected chi connectivity index (χ4v) is 5.60. The lowest BCUT2D eigenvalue weighted by Gasteiger charge is -2.26. The Balaban J connectivity index is 1.94. The second-order valence-corrected chi connectivity index (χ2v) is 13.3. The van der Waals surface area contributed by atoms with Gasteiger partial charge in [-0.25, -0.2) is 0 Å². The average Bonchev–Trinajstić information content (AvgIpc) is 2.86. The summed E-state index contributed by atoms with van der Waals surface area (Å²) in [5.41, 5.74) is 6.32. The molecule has 0 saturated carbocycles. The van der Waals surface area contributed by atoms with Gasteiger partial charge >= 0.3 is 0 Å². The van der Waals surface area contributed by atoms with Gasteiger partial charge in [0.05, 0.1) is 12.1 Å². The second-order valence-electron chi connectivity index (χ2n) is 9.69. The second kappa shape index (κ2) is 10.9. The highest BCUT2D eigenvalue weighted by atomic mass is 35.5. The van der Waals surface area contributed by atoms with Crippen LogP contribution in [-0.2, 0) is 11.0 Å². The van der Waals surface area contributed by atoms with Gasteiger partial charge in [-0.05, 0) is 97.9 Å². The first-order valence-corrected chi connectivity index (χ1v) is 14.7. The highest BCUT2D eigenvalue weighted by Gasteiger charge is 2.26. The molecule has 3 rings (SSSR count). The number of ether oxygens (including phenoxy) is 1. The largest absolute Gasteiger partial charge is 0.491 e. The number of para-hydroxylation sites is 1. The highest BCUT2D eigenvalue weighted by molar-refractivity contribution is 7.70. The molecule has 35 heavy (non-hydrogen) atoms. The molecule has 1 unspecified atom stereocenters. The van der Waals surface area contributed by atoms with Gasteiger partial charge in [-0.1, -0.05) is 55.6 Å². The van der Waals surface area contributed by atoms with E-state index in [0.717, 1.165) is 50.2 Å². The normalized spacial score (nSPS) is 16.5. The van der Waals surface area contributed by atoms with Crippen LogP contribution in [0.5, 0.6) is 5.75 Å². The molecule has 5 heteroatoms. The van der Waals surface area contributed by atoms with Crippen molar-refractivity contribution in [2.75, 3.05) is 18.6 Å². The maximum absolute atomic E-state index is 12.9. The topological polar surface area (TPSA) is 38.3 Å². The molecule has 0 spiro atoms. The standard InChI is InChI=1S/C30H35ClNO2P/c1-19(2)34-28-17-20(3)13-14-24(28)18-22(5)25-15-21(4)16-26(31)30(23(25)6)32-27-11-9-10-12-29(27)35(7,8)33/h9-17,19,30,32H,4-6,18H2,1-3,7-8H3. The zero-order valence-corrected chi connectivity index (χ0v) is 23.0. The van der Waals surface area contributed by atoms with Crippen LogP contribution in [-0.4, -0.2) is 25.5 Å². The van der Waals surface area contributed by atoms with Crippen LogP contribution in [0.4, 0.5) is 5.69 Å². The third kappa shape index (κ3) is 6.69. The summed E-state index contributed by atoms with van der Waals surface area (Å²) < 4.78 is 19.0. The number of rotatable bonds is 8. The summed E-state index contributed by atoms with van der Waals surface area (Å²) in [5.74, 6) is 0.862. The summed E-state index contributed by atoms with van der Waals surface area (Å²) >= 11 is 6.75. The lowest BCUT2D eigenvalue weighted by atomic mass is 9.90. The molecule has 0 bridgehead atoms. The van der Waals surface area contributed by atoms with E-state index in [0.29, 0.717) is 11.5 Å². The van der Waals surface area contributed by atoms with Gasteiger partial charge in [-0.3, -0.25) is 0 Å². The van der Waals surface area contributed by atoms with Crippen LogP contribution >= 0.6 is 18.7 Å². The van der Waals surface area contributed by atoms with Crippen molar-refractivity contribution in [1.82, 2.24) is 0 Å². The summed E-state index contributed by atoms with van der Waals surface area (Å²) in [5, 5.41) is 4.83. The van der Waals surface area contributed by atoms with Crippen LogP contribution in [0.15, 0.2) is 102 Å². The van der Waals surface area contributed by atoms with Gasteiger partial charge in [0.15, 0.2) is 0 Å². The molecule has 3 nitrogen and oxygen atoms in total. The Labute approximate surface area is 215 Å². The molecular formula is C30H35ClNO2P. The third-order valence-corrected chi connectivity index (χ3v) is 7.65. The van der Waals surface area contributed by atoms with E-state index >= 15 is 0 Å². The Kier molecular flexibility index (Phi) is 8.36. The monoisotopic (exact) mass is 507 g/mol. The number of hydrogen-bond acceptors (Lipinski definition) is 3. The van der Waals surface area contributed by atoms with Crippen molar-refractivity contribution in [3.8, 4) is 5.75 Å². The molecule has 1 N–H and O–H groups in total. The first kappa shape index (κ1) is 26.9. The predicted molar refractivity (Wildman–Crippen MR) is 153 cm³/mol. The van der Waals surface area contributed by atoms with Crippen molar-refractivity contribution in [1.29, 1.82) is 0 Å². The van der Waals surface area contributed by atoms with Crippen LogP contribution in [0.1, 0.15) is 25.0 Å². The van der Waals surface area contributed by atoms with E-state index in [9.17, 15) is 4.57 Å². The summed E-state index contributed by atoms with van der Waals surface area (Å²) in [6.45, 7) is 22.6. The molecule has 0 aliphatic heterocycles. The molecule has 2 aromatic rings. The fraction of sp³-hybridized carbons (Fsp3) is 0.267. The maximum Gasteiger partial charge on any atom is 0.123 e. The van der Waals surface area contributed by atoms with Gasteiger partial charge in [0.1, 0.15) is 12.9 Å². The van der Waals surface area contributed by atoms with Crippen molar-refractivity contribution in [3.05, 3.63) is 113 Å². The Morgan fingerprint density at radius 1 is 1.14 bits per heavy atom. The van der Waals surface area contributed by atoms with E-state index in [1.807, 2.05) is 50.3 Å². The Morgan fingerprint density at radius 2 is 1.83 bits per heavy atom. The van der Waals surface area contributed by atoms with Crippen LogP contribution in [0.2, 0.25) is 0 Å². The minimum absolute atomic E-state index is 0.0698. The van der Waals surface area contributed by atoms with Crippen LogP contribution < -0.4 is 15.4 Å². The Bertz CT molecular complexity index is 1280. The summed E-state index contributed by atoms with van der Waals surface area (Å²) in [6, 6.07) is 13.5. The van der Waals surface area contributed by atoms with E-state index in [1.54, 1.807) is 13.3 Å². The highest BCUT2D eigenvalue weighted by Crippen LogP contribution is 2.40. The molecular weight excluding hydrogens is 473 g/mol. The van der Waals surface area contributed by atoms with Gasteiger partial charge in [-0.15, -0.1) is 0 Å². The lowest BCUT2D eigenvalue weighted by molar-refractivity contribution is 0.240. The number of benzene rings is 2. The third-order valence-electron chi connectivity index (χ3n) is 5.78. The first-order chi connectivity index (χ1) is 16.4. The van der Waals surface area contributed by atoms with E-state index in [4.69, 9.17) is 16.3 Å². The molecule has 0 aromatic heterocycles. The molecule has 1 aliphatic rings. The molecule has 0 fully saturated rings. The van der Waals surface area contributed by atoms with Crippen molar-refractivity contribution >= 4 is 29.7 Å². The summed E-state index contributed by atoms with van der Waals surface area (Å²) in [7, 11) is -2.51. The van der Waals surface area contributed by atoms with E-state index in [-0.39, 0.29) is 6.10 Å². The summed E-state index contributed by atoms with van der Waals surface area (Å²) in [4.78, 5) is 0. The van der Waals surface area contributed by atoms with E-state index < -0.39 is 13.2 Å². The quantitative estimate of drug-likeness (QED) is 0.371. The van der Waals surface area contributed by atoms with Gasteiger partial charge in [0.25, 0.3) is 0 Å². The molecule has 0 amide bonds.